The van der Waals surface area contributed by atoms with Gasteiger partial charge in [0.25, 0.3) is 0 Å². The van der Waals surface area contributed by atoms with Gasteiger partial charge in [0.15, 0.2) is 17.7 Å². The number of ether oxygens (including phenoxy) is 1. The van der Waals surface area contributed by atoms with E-state index in [4.69, 9.17) is 15.6 Å². The van der Waals surface area contributed by atoms with Gasteiger partial charge in [-0.1, -0.05) is 0 Å². The Kier molecular flexibility index (Phi) is 2.82. The lowest BCUT2D eigenvalue weighted by molar-refractivity contribution is -0.0511. The number of anilines is 1. The summed E-state index contributed by atoms with van der Waals surface area (Å²) >= 11 is 0. The molecule has 1 fully saturated rings. The number of fused-ring (bicyclic) bond motifs is 1. The van der Waals surface area contributed by atoms with Crippen molar-refractivity contribution in [2.45, 2.75) is 24.5 Å². The van der Waals surface area contributed by atoms with E-state index < -0.39 is 31.1 Å². The minimum Gasteiger partial charge on any atom is -0.394 e. The van der Waals surface area contributed by atoms with Crippen molar-refractivity contribution in [3.05, 3.63) is 12.7 Å². The Morgan fingerprint density at radius 2 is 2.05 bits per heavy atom. The van der Waals surface area contributed by atoms with Gasteiger partial charge in [-0.05, 0) is 0 Å². The summed E-state index contributed by atoms with van der Waals surface area (Å²) in [4.78, 5) is 11.9. The van der Waals surface area contributed by atoms with Gasteiger partial charge >= 0.3 is 0 Å². The summed E-state index contributed by atoms with van der Waals surface area (Å²) in [7, 11) is 0. The molecule has 0 amide bonds. The first-order chi connectivity index (χ1) is 9.13. The molecule has 0 aromatic carbocycles. The van der Waals surface area contributed by atoms with Gasteiger partial charge in [-0.15, -0.1) is 0 Å². The maximum Gasteiger partial charge on any atom is 0.167 e. The van der Waals surface area contributed by atoms with Crippen LogP contribution in [0.25, 0.3) is 11.2 Å². The molecule has 102 valence electrons. The number of rotatable bonds is 2. The molecule has 0 spiro atoms. The first kappa shape index (κ1) is 12.2. The van der Waals surface area contributed by atoms with Gasteiger partial charge < -0.3 is 25.8 Å². The summed E-state index contributed by atoms with van der Waals surface area (Å²) in [6.45, 7) is -0.390. The van der Waals surface area contributed by atoms with Gasteiger partial charge in [0, 0.05) is 0 Å². The largest absolute Gasteiger partial charge is 0.394 e. The van der Waals surface area contributed by atoms with Gasteiger partial charge in [-0.2, -0.15) is 0 Å². The summed E-state index contributed by atoms with van der Waals surface area (Å²) in [5, 5.41) is 28.7. The molecule has 5 N–H and O–H groups in total. The summed E-state index contributed by atoms with van der Waals surface area (Å²) < 4.78 is 6.85. The van der Waals surface area contributed by atoms with Gasteiger partial charge in [0.1, 0.15) is 30.2 Å². The molecule has 1 aliphatic heterocycles. The molecule has 1 aliphatic rings. The van der Waals surface area contributed by atoms with Gasteiger partial charge in [0.05, 0.1) is 12.9 Å². The van der Waals surface area contributed by atoms with Crippen LogP contribution in [0, 0.1) is 0 Å². The maximum absolute atomic E-state index is 9.95. The molecule has 9 nitrogen and oxygen atoms in total. The lowest BCUT2D eigenvalue weighted by Gasteiger charge is -2.16. The topological polar surface area (TPSA) is 140 Å². The van der Waals surface area contributed by atoms with Crippen molar-refractivity contribution in [3.63, 3.8) is 0 Å². The molecule has 0 unspecified atom stereocenters. The van der Waals surface area contributed by atoms with Crippen LogP contribution in [0.15, 0.2) is 12.7 Å². The van der Waals surface area contributed by atoms with Crippen LogP contribution in [-0.4, -0.2) is 59.8 Å². The zero-order valence-corrected chi connectivity index (χ0v) is 9.79. The number of aliphatic hydroxyl groups is 3. The van der Waals surface area contributed by atoms with E-state index in [1.54, 1.807) is 0 Å². The molecule has 0 radical (unpaired) electrons. The highest BCUT2D eigenvalue weighted by molar-refractivity contribution is 5.81. The van der Waals surface area contributed by atoms with Gasteiger partial charge in [-0.25, -0.2) is 15.0 Å². The standard InChI is InChI=1S/C10H13N5O4/c11-8-5-9(13-2-12-8)15(3-14-5)10-7(18)6(17)4(1-16)19-10/h2-4,6-7,10,16-18H,1H2,(H2,11,12,13)/t4-,6-,7-,10-/m1/s1/i2+0,11+1,12+1,13+1. The van der Waals surface area contributed by atoms with Crippen molar-refractivity contribution in [3.8, 4) is 0 Å². The van der Waals surface area contributed by atoms with Crippen LogP contribution >= 0.6 is 0 Å². The molecule has 0 saturated carbocycles. The SMILES string of the molecule is [15NH2]c1[15n][12cH][15n]c2c1ncn2[C@@H]1O[C@H](CO)[C@@H](O)[C@H]1O. The van der Waals surface area contributed by atoms with E-state index in [0.717, 1.165) is 0 Å². The number of hydrogen-bond acceptors (Lipinski definition) is 8. The highest BCUT2D eigenvalue weighted by Crippen LogP contribution is 2.31. The van der Waals surface area contributed by atoms with Crippen molar-refractivity contribution >= 4 is 17.0 Å². The summed E-state index contributed by atoms with van der Waals surface area (Å²) in [5.41, 5.74) is 6.44. The lowest BCUT2D eigenvalue weighted by atomic mass is 10.1. The van der Waals surface area contributed by atoms with Crippen molar-refractivity contribution in [1.82, 2.24) is 19.5 Å². The summed E-state index contributed by atoms with van der Waals surface area (Å²) in [6, 6.07) is 0. The predicted octanol–water partition coefficient (Wildman–Crippen LogP) is -1.98. The Morgan fingerprint density at radius 3 is 2.74 bits per heavy atom. The molecule has 1 saturated heterocycles. The third-order valence-corrected chi connectivity index (χ3v) is 3.18. The van der Waals surface area contributed by atoms with Crippen LogP contribution in [0.3, 0.4) is 0 Å². The fraction of sp³-hybridized carbons (Fsp3) is 0.500. The molecule has 0 aliphatic carbocycles. The van der Waals surface area contributed by atoms with E-state index in [2.05, 4.69) is 15.0 Å². The molecule has 9 heteroatoms. The summed E-state index contributed by atoms with van der Waals surface area (Å²) in [6.07, 6.45) is -1.42. The molecule has 2 aromatic rings. The average molecular weight is 270 g/mol. The van der Waals surface area contributed by atoms with Gasteiger partial charge in [-0.3, -0.25) is 4.57 Å². The zero-order chi connectivity index (χ0) is 13.6. The Labute approximate surface area is 107 Å². The normalized spacial score (nSPS) is 31.1. The smallest absolute Gasteiger partial charge is 0.167 e. The molecular formula is C10H13N5O4. The Balaban J connectivity index is 2.04. The van der Waals surface area contributed by atoms with Crippen LogP contribution in [0.4, 0.5) is 5.82 Å². The highest BCUT2D eigenvalue weighted by Gasteiger charge is 2.43. The number of nitrogens with two attached hydrogens (primary N) is 1. The van der Waals surface area contributed by atoms with Crippen molar-refractivity contribution in [2.24, 2.45) is 0 Å². The lowest BCUT2D eigenvalue weighted by Crippen LogP contribution is -2.33. The van der Waals surface area contributed by atoms with Crippen molar-refractivity contribution in [2.75, 3.05) is 12.3 Å². The number of aliphatic hydroxyl groups excluding tert-OH is 3. The van der Waals surface area contributed by atoms with Crippen LogP contribution in [-0.2, 0) is 4.74 Å². The molecule has 19 heavy (non-hydrogen) atoms. The monoisotopic (exact) mass is 270 g/mol. The minimum atomic E-state index is -1.19. The fourth-order valence-corrected chi connectivity index (χ4v) is 2.17. The predicted molar refractivity (Wildman–Crippen MR) is 62.7 cm³/mol. The second-order valence-electron chi connectivity index (χ2n) is 4.31. The molecule has 2 aromatic heterocycles. The third kappa shape index (κ3) is 1.75. The second-order valence-corrected chi connectivity index (χ2v) is 4.31. The van der Waals surface area contributed by atoms with Crippen molar-refractivity contribution in [1.29, 1.82) is 0 Å². The van der Waals surface area contributed by atoms with Gasteiger partial charge in [0.2, 0.25) is 0 Å². The maximum atomic E-state index is 9.95. The van der Waals surface area contributed by atoms with E-state index >= 15 is 0 Å². The van der Waals surface area contributed by atoms with E-state index in [-0.39, 0.29) is 5.82 Å². The second kappa shape index (κ2) is 4.38. The number of nitrogen functional groups attached to an aromatic ring is 1. The molecule has 3 heterocycles. The van der Waals surface area contributed by atoms with E-state index in [9.17, 15) is 10.2 Å². The first-order valence-corrected chi connectivity index (χ1v) is 5.69. The minimum absolute atomic E-state index is 0.218. The quantitative estimate of drug-likeness (QED) is 0.460. The van der Waals surface area contributed by atoms with E-state index in [0.29, 0.717) is 11.2 Å². The number of hydrogen-bond donors (Lipinski definition) is 4. The van der Waals surface area contributed by atoms with Crippen LogP contribution < -0.4 is 5.73 Å². The zero-order valence-electron chi connectivity index (χ0n) is 9.79. The first-order valence-electron chi connectivity index (χ1n) is 5.69. The molecule has 0 bridgehead atoms. The number of aromatic nitrogens is 4. The molecule has 3 rings (SSSR count). The van der Waals surface area contributed by atoms with E-state index in [1.165, 1.54) is 17.2 Å². The Hall–Kier alpha value is -1.81. The highest BCUT2D eigenvalue weighted by atomic mass is 16.6. The third-order valence-electron chi connectivity index (χ3n) is 3.18. The number of nitrogens with zero attached hydrogens (tertiary/aromatic N) is 4. The van der Waals surface area contributed by atoms with E-state index in [1.807, 2.05) is 0 Å². The Bertz CT molecular complexity index is 603. The summed E-state index contributed by atoms with van der Waals surface area (Å²) in [5.74, 6) is 0.218. The van der Waals surface area contributed by atoms with Crippen LogP contribution in [0.1, 0.15) is 6.23 Å². The van der Waals surface area contributed by atoms with Crippen LogP contribution in [0.5, 0.6) is 0 Å². The average Bonchev–Trinajstić information content (AvgIpc) is 2.94. The number of imidazole rings is 1. The molecular weight excluding hydrogens is 257 g/mol. The van der Waals surface area contributed by atoms with Crippen molar-refractivity contribution < 1.29 is 20.1 Å². The van der Waals surface area contributed by atoms with Crippen LogP contribution in [0.2, 0.25) is 0 Å². The molecule has 4 atom stereocenters. The fourth-order valence-electron chi connectivity index (χ4n) is 2.17. The Morgan fingerprint density at radius 1 is 1.26 bits per heavy atom.